The van der Waals surface area contributed by atoms with Gasteiger partial charge in [0.2, 0.25) is 0 Å². The van der Waals surface area contributed by atoms with Crippen LogP contribution in [0.3, 0.4) is 0 Å². The van der Waals surface area contributed by atoms with E-state index in [9.17, 15) is 0 Å². The molecule has 2 rings (SSSR count). The number of pyridine rings is 1. The van der Waals surface area contributed by atoms with Crippen LogP contribution in [0.2, 0.25) is 15.1 Å². The molecule has 0 amide bonds. The summed E-state index contributed by atoms with van der Waals surface area (Å²) in [5, 5.41) is 9.86. The summed E-state index contributed by atoms with van der Waals surface area (Å²) in [6.45, 7) is 0. The van der Waals surface area contributed by atoms with Crippen LogP contribution in [0.15, 0.2) is 30.6 Å². The lowest BCUT2D eigenvalue weighted by Gasteiger charge is -2.07. The Labute approximate surface area is 113 Å². The maximum atomic E-state index is 8.81. The van der Waals surface area contributed by atoms with Crippen molar-refractivity contribution < 1.29 is 0 Å². The van der Waals surface area contributed by atoms with Gasteiger partial charge in [-0.2, -0.15) is 5.26 Å². The number of hydrogen-bond acceptors (Lipinski definition) is 2. The Morgan fingerprint density at radius 3 is 2.53 bits per heavy atom. The van der Waals surface area contributed by atoms with E-state index in [1.165, 1.54) is 6.20 Å². The number of nitrogens with zero attached hydrogens (tertiary/aromatic N) is 2. The average Bonchev–Trinajstić information content (AvgIpc) is 2.36. The molecule has 0 N–H and O–H groups in total. The molecule has 5 heteroatoms. The second-order valence-electron chi connectivity index (χ2n) is 3.30. The first-order valence-corrected chi connectivity index (χ1v) is 5.76. The van der Waals surface area contributed by atoms with Gasteiger partial charge in [-0.05, 0) is 12.1 Å². The van der Waals surface area contributed by atoms with E-state index in [-0.39, 0.29) is 0 Å². The third-order valence-corrected chi connectivity index (χ3v) is 3.51. The van der Waals surface area contributed by atoms with E-state index in [0.717, 1.165) is 5.56 Å². The molecule has 2 aromatic rings. The molecule has 84 valence electrons. The van der Waals surface area contributed by atoms with Crippen LogP contribution in [-0.2, 0) is 0 Å². The van der Waals surface area contributed by atoms with Gasteiger partial charge < -0.3 is 0 Å². The zero-order valence-corrected chi connectivity index (χ0v) is 10.7. The Morgan fingerprint density at radius 1 is 1.06 bits per heavy atom. The normalized spacial score (nSPS) is 10.0. The summed E-state index contributed by atoms with van der Waals surface area (Å²) >= 11 is 17.9. The molecule has 0 aliphatic rings. The fraction of sp³-hybridized carbons (Fsp3) is 0. The standard InChI is InChI=1S/C12H5Cl3N2/c13-10-2-1-9(11(14)12(10)15)8-3-7(4-16)5-17-6-8/h1-3,5-6H. The highest BCUT2D eigenvalue weighted by molar-refractivity contribution is 6.49. The van der Waals surface area contributed by atoms with Crippen LogP contribution in [0, 0.1) is 11.3 Å². The van der Waals surface area contributed by atoms with Crippen LogP contribution in [-0.4, -0.2) is 4.98 Å². The van der Waals surface area contributed by atoms with E-state index < -0.39 is 0 Å². The first-order valence-electron chi connectivity index (χ1n) is 4.62. The van der Waals surface area contributed by atoms with Crippen LogP contribution in [0.5, 0.6) is 0 Å². The molecule has 0 saturated heterocycles. The van der Waals surface area contributed by atoms with Crippen molar-refractivity contribution in [1.82, 2.24) is 4.98 Å². The zero-order valence-electron chi connectivity index (χ0n) is 8.42. The molecule has 0 fully saturated rings. The van der Waals surface area contributed by atoms with Crippen molar-refractivity contribution in [2.75, 3.05) is 0 Å². The molecule has 0 saturated carbocycles. The highest BCUT2D eigenvalue weighted by Crippen LogP contribution is 2.37. The molecule has 2 nitrogen and oxygen atoms in total. The van der Waals surface area contributed by atoms with Crippen LogP contribution < -0.4 is 0 Å². The quantitative estimate of drug-likeness (QED) is 0.718. The Bertz CT molecular complexity index is 618. The molecule has 0 aliphatic heterocycles. The van der Waals surface area contributed by atoms with E-state index in [4.69, 9.17) is 40.1 Å². The maximum absolute atomic E-state index is 8.81. The number of aromatic nitrogens is 1. The summed E-state index contributed by atoms with van der Waals surface area (Å²) in [6, 6.07) is 7.11. The monoisotopic (exact) mass is 282 g/mol. The molecule has 17 heavy (non-hydrogen) atoms. The number of hydrogen-bond donors (Lipinski definition) is 0. The molecule has 0 atom stereocenters. The fourth-order valence-corrected chi connectivity index (χ4v) is 2.04. The van der Waals surface area contributed by atoms with Gasteiger partial charge in [-0.3, -0.25) is 4.98 Å². The minimum absolute atomic E-state index is 0.299. The van der Waals surface area contributed by atoms with Crippen molar-refractivity contribution in [1.29, 1.82) is 5.26 Å². The van der Waals surface area contributed by atoms with E-state index in [1.807, 2.05) is 6.07 Å². The van der Waals surface area contributed by atoms with Gasteiger partial charge in [0.05, 0.1) is 20.6 Å². The maximum Gasteiger partial charge on any atom is 0.101 e. The second kappa shape index (κ2) is 4.93. The van der Waals surface area contributed by atoms with Gasteiger partial charge in [0.15, 0.2) is 0 Å². The zero-order chi connectivity index (χ0) is 12.4. The first-order chi connectivity index (χ1) is 8.13. The Morgan fingerprint density at radius 2 is 1.82 bits per heavy atom. The van der Waals surface area contributed by atoms with E-state index in [0.29, 0.717) is 26.2 Å². The Kier molecular flexibility index (Phi) is 3.54. The molecule has 1 aromatic heterocycles. The molecule has 0 bridgehead atoms. The molecular formula is C12H5Cl3N2. The van der Waals surface area contributed by atoms with Crippen LogP contribution >= 0.6 is 34.8 Å². The van der Waals surface area contributed by atoms with Gasteiger partial charge in [-0.25, -0.2) is 0 Å². The first kappa shape index (κ1) is 12.2. The van der Waals surface area contributed by atoms with E-state index in [1.54, 1.807) is 24.4 Å². The number of rotatable bonds is 1. The molecular weight excluding hydrogens is 279 g/mol. The largest absolute Gasteiger partial charge is 0.263 e. The van der Waals surface area contributed by atoms with Gasteiger partial charge in [0.25, 0.3) is 0 Å². The van der Waals surface area contributed by atoms with Gasteiger partial charge in [-0.15, -0.1) is 0 Å². The van der Waals surface area contributed by atoms with Gasteiger partial charge in [-0.1, -0.05) is 40.9 Å². The van der Waals surface area contributed by atoms with Crippen LogP contribution in [0.4, 0.5) is 0 Å². The van der Waals surface area contributed by atoms with Crippen LogP contribution in [0.25, 0.3) is 11.1 Å². The summed E-state index contributed by atoms with van der Waals surface area (Å²) in [7, 11) is 0. The lowest BCUT2D eigenvalue weighted by atomic mass is 10.1. The third-order valence-electron chi connectivity index (χ3n) is 2.21. The summed E-state index contributed by atoms with van der Waals surface area (Å²) in [5.74, 6) is 0. The summed E-state index contributed by atoms with van der Waals surface area (Å²) in [4.78, 5) is 3.97. The van der Waals surface area contributed by atoms with Crippen LogP contribution in [0.1, 0.15) is 5.56 Å². The topological polar surface area (TPSA) is 36.7 Å². The van der Waals surface area contributed by atoms with Crippen molar-refractivity contribution in [3.05, 3.63) is 51.2 Å². The van der Waals surface area contributed by atoms with Crippen molar-refractivity contribution in [3.63, 3.8) is 0 Å². The molecule has 0 radical (unpaired) electrons. The van der Waals surface area contributed by atoms with Crippen molar-refractivity contribution in [3.8, 4) is 17.2 Å². The highest BCUT2D eigenvalue weighted by Gasteiger charge is 2.11. The lowest BCUT2D eigenvalue weighted by molar-refractivity contribution is 1.30. The predicted octanol–water partition coefficient (Wildman–Crippen LogP) is 4.58. The Balaban J connectivity index is 2.61. The number of benzene rings is 1. The van der Waals surface area contributed by atoms with E-state index >= 15 is 0 Å². The number of halogens is 3. The Hall–Kier alpha value is -1.27. The van der Waals surface area contributed by atoms with Gasteiger partial charge >= 0.3 is 0 Å². The number of nitriles is 1. The minimum Gasteiger partial charge on any atom is -0.263 e. The predicted molar refractivity (Wildman–Crippen MR) is 69.4 cm³/mol. The molecule has 1 heterocycles. The lowest BCUT2D eigenvalue weighted by Crippen LogP contribution is -1.85. The van der Waals surface area contributed by atoms with Crippen molar-refractivity contribution in [2.24, 2.45) is 0 Å². The molecule has 0 spiro atoms. The average molecular weight is 284 g/mol. The summed E-state index contributed by atoms with van der Waals surface area (Å²) < 4.78 is 0. The fourth-order valence-electron chi connectivity index (χ4n) is 1.40. The summed E-state index contributed by atoms with van der Waals surface area (Å²) in [5.41, 5.74) is 1.89. The third kappa shape index (κ3) is 2.37. The van der Waals surface area contributed by atoms with Crippen molar-refractivity contribution >= 4 is 34.8 Å². The second-order valence-corrected chi connectivity index (χ2v) is 4.46. The molecule has 0 unspecified atom stereocenters. The van der Waals surface area contributed by atoms with Gasteiger partial charge in [0.1, 0.15) is 6.07 Å². The molecule has 0 aliphatic carbocycles. The summed E-state index contributed by atoms with van der Waals surface area (Å²) in [6.07, 6.45) is 3.10. The molecule has 1 aromatic carbocycles. The minimum atomic E-state index is 0.299. The van der Waals surface area contributed by atoms with Gasteiger partial charge in [0, 0.05) is 23.5 Å². The van der Waals surface area contributed by atoms with E-state index in [2.05, 4.69) is 4.98 Å². The SMILES string of the molecule is N#Cc1cncc(-c2ccc(Cl)c(Cl)c2Cl)c1. The van der Waals surface area contributed by atoms with Crippen molar-refractivity contribution in [2.45, 2.75) is 0 Å². The highest BCUT2D eigenvalue weighted by atomic mass is 35.5. The smallest absolute Gasteiger partial charge is 0.101 e.